The second-order valence-electron chi connectivity index (χ2n) is 34.5. The Morgan fingerprint density at radius 2 is 0.376 bits per heavy atom. The number of carbonyl (C=O) groups is 2. The van der Waals surface area contributed by atoms with E-state index in [9.17, 15) is 32.8 Å². The van der Waals surface area contributed by atoms with E-state index in [-0.39, 0.29) is 0 Å². The van der Waals surface area contributed by atoms with Crippen LogP contribution in [0, 0.1) is 0 Å². The van der Waals surface area contributed by atoms with Gasteiger partial charge in [0.1, 0.15) is 10.1 Å². The molecule has 0 heterocycles. The Kier molecular flexibility index (Phi) is 88.0. The Bertz CT molecular complexity index is 1920. The number of carbonyl (C=O) groups excluding carboxylic acids is 2. The molecule has 650 valence electrons. The van der Waals surface area contributed by atoms with E-state index in [1.807, 2.05) is 0 Å². The number of aromatic carboxylic acids is 2. The lowest BCUT2D eigenvalue weighted by atomic mass is 10.0. The summed E-state index contributed by atoms with van der Waals surface area (Å²) in [6, 6.07) is 1.88. The van der Waals surface area contributed by atoms with Gasteiger partial charge in [-0.25, -0.2) is 8.42 Å². The molecule has 0 amide bonds. The van der Waals surface area contributed by atoms with Crippen molar-refractivity contribution in [2.75, 3.05) is 73.9 Å². The minimum atomic E-state index is -5.10. The highest BCUT2D eigenvalue weighted by atomic mass is 32.2. The molecule has 0 fully saturated rings. The van der Waals surface area contributed by atoms with E-state index >= 15 is 0 Å². The summed E-state index contributed by atoms with van der Waals surface area (Å²) in [7, 11) is -7.00. The number of hydrogen-bond acceptors (Lipinski definition) is 7. The van der Waals surface area contributed by atoms with Crippen molar-refractivity contribution in [3.05, 3.63) is 29.3 Å². The quantitative estimate of drug-likeness (QED) is 0.0360. The highest BCUT2D eigenvalue weighted by Gasteiger charge is 2.37. The second-order valence-corrected chi connectivity index (χ2v) is 49.3. The van der Waals surface area contributed by atoms with Crippen molar-refractivity contribution in [2.24, 2.45) is 0 Å². The Hall–Kier alpha value is -0.640. The van der Waals surface area contributed by atoms with Gasteiger partial charge in [-0.15, -0.1) is 0 Å². The van der Waals surface area contributed by atoms with Gasteiger partial charge in [-0.05, 0) is 108 Å². The maximum Gasteiger partial charge on any atom is 0.125 e. The summed E-state index contributed by atoms with van der Waals surface area (Å²) in [6.45, 7) is 28.5. The Labute approximate surface area is 687 Å². The first-order valence-electron chi connectivity index (χ1n) is 49.0. The first-order valence-corrected chi connectivity index (χ1v) is 58.0. The summed E-state index contributed by atoms with van der Waals surface area (Å²) in [4.78, 5) is 19.7. The molecule has 0 atom stereocenters. The molecule has 0 aromatic heterocycles. The summed E-state index contributed by atoms with van der Waals surface area (Å²) < 4.78 is 32.0. The summed E-state index contributed by atoms with van der Waals surface area (Å²) in [5, 5.41) is 20.9. The minimum Gasteiger partial charge on any atom is -0.744 e. The highest BCUT2D eigenvalue weighted by molar-refractivity contribution is 7.85. The van der Waals surface area contributed by atoms with Crippen LogP contribution in [0.3, 0.4) is 0 Å². The molecule has 0 radical (unpaired) electrons. The number of rotatable bonds is 81. The van der Waals surface area contributed by atoms with E-state index < -0.39 is 59.9 Å². The highest BCUT2D eigenvalue weighted by Crippen LogP contribution is 2.63. The number of carboxylic acids is 2. The van der Waals surface area contributed by atoms with Gasteiger partial charge in [-0.3, -0.25) is 0 Å². The van der Waals surface area contributed by atoms with Gasteiger partial charge in [0.25, 0.3) is 0 Å². The maximum atomic E-state index is 10.7. The van der Waals surface area contributed by atoms with Crippen LogP contribution in [0.25, 0.3) is 0 Å². The third-order valence-corrected chi connectivity index (χ3v) is 40.1. The van der Waals surface area contributed by atoms with Crippen LogP contribution >= 0.6 is 21.8 Å². The molecule has 1 rings (SSSR count). The van der Waals surface area contributed by atoms with E-state index in [4.69, 9.17) is 0 Å². The van der Waals surface area contributed by atoms with E-state index in [0.29, 0.717) is 12.1 Å². The standard InChI is InChI=1S/3C30H64P.C8H6O7S/c3*1-5-9-13-14-15-16-17-18-19-20-21-22-23-24-25-26-30-31(27-10-6-2,28-11-7-3)29-12-8-4;9-7(10)4-1-2-5(8(11)12)6(3-4)16(13,14)15/h3*5-30H2,1-4H3;1-3H,(H,9,10)(H,11,12)(H,13,14,15)/q3*+1;/p-3. The maximum absolute atomic E-state index is 10.7. The van der Waals surface area contributed by atoms with Crippen LogP contribution in [0.5, 0.6) is 0 Å². The zero-order chi connectivity index (χ0) is 81.2. The summed E-state index contributed by atoms with van der Waals surface area (Å²) in [6.07, 6.45) is 117. The van der Waals surface area contributed by atoms with Gasteiger partial charge in [-0.1, -0.05) is 423 Å². The topological polar surface area (TPSA) is 137 Å². The van der Waals surface area contributed by atoms with Crippen molar-refractivity contribution < 1.29 is 32.8 Å². The number of carboxylic acid groups (broad SMARTS) is 2. The molecule has 0 bridgehead atoms. The molecule has 7 nitrogen and oxygen atoms in total. The van der Waals surface area contributed by atoms with Crippen molar-refractivity contribution in [1.29, 1.82) is 0 Å². The van der Waals surface area contributed by atoms with Gasteiger partial charge in [0.15, 0.2) is 0 Å². The lowest BCUT2D eigenvalue weighted by molar-refractivity contribution is -0.256. The van der Waals surface area contributed by atoms with Crippen LogP contribution in [0.2, 0.25) is 0 Å². The third-order valence-electron chi connectivity index (χ3n) is 24.0. The number of benzene rings is 1. The monoisotopic (exact) mass is 1610 g/mol. The van der Waals surface area contributed by atoms with E-state index in [1.165, 1.54) is 405 Å². The lowest BCUT2D eigenvalue weighted by Gasteiger charge is -2.28. The molecular weight excluding hydrogens is 1410 g/mol. The second kappa shape index (κ2) is 85.2. The molecule has 0 spiro atoms. The number of unbranched alkanes of at least 4 members (excludes halogenated alkanes) is 54. The summed E-state index contributed by atoms with van der Waals surface area (Å²) in [5.41, 5.74) is -1.50. The van der Waals surface area contributed by atoms with Crippen molar-refractivity contribution >= 4 is 43.8 Å². The molecular formula is C98H195O7P3S. The fraction of sp³-hybridized carbons (Fsp3) is 0.918. The molecule has 109 heavy (non-hydrogen) atoms. The first-order chi connectivity index (χ1) is 53.0. The molecule has 0 saturated carbocycles. The van der Waals surface area contributed by atoms with Gasteiger partial charge in [0.05, 0.1) is 90.8 Å². The van der Waals surface area contributed by atoms with Crippen molar-refractivity contribution in [2.45, 2.75) is 512 Å². The van der Waals surface area contributed by atoms with E-state index in [2.05, 4.69) is 83.1 Å². The van der Waals surface area contributed by atoms with Gasteiger partial charge in [0, 0.05) is 27.4 Å². The van der Waals surface area contributed by atoms with Crippen LogP contribution in [-0.2, 0) is 10.1 Å². The Morgan fingerprint density at radius 3 is 0.514 bits per heavy atom. The van der Waals surface area contributed by atoms with Crippen LogP contribution in [-0.4, -0.2) is 98.9 Å². The normalized spacial score (nSPS) is 11.9. The zero-order valence-corrected chi connectivity index (χ0v) is 79.5. The van der Waals surface area contributed by atoms with Gasteiger partial charge in [-0.2, -0.15) is 0 Å². The average Bonchev–Trinajstić information content (AvgIpc) is 0.808. The Morgan fingerprint density at radius 1 is 0.229 bits per heavy atom. The molecule has 1 aromatic rings. The predicted octanol–water partition coefficient (Wildman–Crippen LogP) is 32.3. The molecule has 0 N–H and O–H groups in total. The van der Waals surface area contributed by atoms with Gasteiger partial charge >= 0.3 is 0 Å². The van der Waals surface area contributed by atoms with E-state index in [0.717, 1.165) is 6.07 Å². The first kappa shape index (κ1) is 113. The predicted molar refractivity (Wildman–Crippen MR) is 495 cm³/mol. The van der Waals surface area contributed by atoms with Gasteiger partial charge < -0.3 is 24.4 Å². The van der Waals surface area contributed by atoms with Crippen molar-refractivity contribution in [1.82, 2.24) is 0 Å². The summed E-state index contributed by atoms with van der Waals surface area (Å²) >= 11 is 0. The molecule has 0 saturated heterocycles. The fourth-order valence-corrected chi connectivity index (χ4v) is 32.7. The van der Waals surface area contributed by atoms with Crippen molar-refractivity contribution in [3.8, 4) is 0 Å². The number of hydrogen-bond donors (Lipinski definition) is 0. The van der Waals surface area contributed by atoms with Crippen LogP contribution in [0.15, 0.2) is 23.1 Å². The Balaban J connectivity index is -0.00000141. The minimum absolute atomic E-state index is 0.419. The SMILES string of the molecule is CCCCCCCCCCCCCCCCCC[P+](CCCC)(CCCC)CCCC.CCCCCCCCCCCCCCCCCC[P+](CCCC)(CCCC)CCCC.CCCCCCCCCCCCCCCCCC[P+](CCCC)(CCCC)CCCC.O=C([O-])c1ccc(C(=O)[O-])c(S(=O)(=O)[O-])c1. The molecule has 0 aliphatic heterocycles. The molecule has 0 aliphatic carbocycles. The third kappa shape index (κ3) is 72.3. The lowest BCUT2D eigenvalue weighted by Crippen LogP contribution is -2.26. The van der Waals surface area contributed by atoms with Gasteiger partial charge in [0.2, 0.25) is 0 Å². The molecule has 0 aliphatic rings. The van der Waals surface area contributed by atoms with Crippen molar-refractivity contribution in [3.63, 3.8) is 0 Å². The molecule has 0 unspecified atom stereocenters. The fourth-order valence-electron chi connectivity index (χ4n) is 16.5. The average molecular weight is 1610 g/mol. The van der Waals surface area contributed by atoms with Crippen LogP contribution in [0.4, 0.5) is 0 Å². The smallest absolute Gasteiger partial charge is 0.125 e. The molecule has 1 aromatic carbocycles. The van der Waals surface area contributed by atoms with Crippen LogP contribution < -0.4 is 10.2 Å². The molecule has 11 heteroatoms. The largest absolute Gasteiger partial charge is 0.744 e. The van der Waals surface area contributed by atoms with Crippen LogP contribution in [0.1, 0.15) is 528 Å². The summed E-state index contributed by atoms with van der Waals surface area (Å²) in [5.74, 6) is -3.62. The zero-order valence-electron chi connectivity index (χ0n) is 76.0. The van der Waals surface area contributed by atoms with E-state index in [1.54, 1.807) is 93.2 Å².